The molecule has 2 aromatic rings. The molecule has 0 fully saturated rings. The zero-order chi connectivity index (χ0) is 15.2. The molecule has 0 bridgehead atoms. The number of hydrogen-bond donors (Lipinski definition) is 2. The molecule has 1 aromatic carbocycles. The standard InChI is InChI=1S/C16H19N3O2/c1-19(11-13-3-2-8-18-10-13)16(21)15(17)9-12-4-6-14(20)7-5-12/h2-8,10,15,20H,9,11,17H2,1H3/t15-/m0/s1. The number of aromatic hydroxyl groups is 1. The molecular weight excluding hydrogens is 266 g/mol. The van der Waals surface area contributed by atoms with E-state index in [9.17, 15) is 9.90 Å². The molecule has 1 aromatic heterocycles. The van der Waals surface area contributed by atoms with Gasteiger partial charge in [-0.1, -0.05) is 18.2 Å². The highest BCUT2D eigenvalue weighted by Crippen LogP contribution is 2.12. The van der Waals surface area contributed by atoms with Crippen LogP contribution in [0.4, 0.5) is 0 Å². The summed E-state index contributed by atoms with van der Waals surface area (Å²) in [6, 6.07) is 9.87. The van der Waals surface area contributed by atoms with Crippen LogP contribution in [0, 0.1) is 0 Å². The molecule has 5 nitrogen and oxygen atoms in total. The maximum Gasteiger partial charge on any atom is 0.239 e. The number of nitrogens with two attached hydrogens (primary N) is 1. The van der Waals surface area contributed by atoms with Gasteiger partial charge < -0.3 is 15.7 Å². The van der Waals surface area contributed by atoms with Gasteiger partial charge in [0.05, 0.1) is 6.04 Å². The van der Waals surface area contributed by atoms with Crippen LogP contribution >= 0.6 is 0 Å². The predicted octanol–water partition coefficient (Wildman–Crippen LogP) is 1.32. The van der Waals surface area contributed by atoms with Gasteiger partial charge in [0, 0.05) is 26.0 Å². The Morgan fingerprint density at radius 2 is 2.00 bits per heavy atom. The van der Waals surface area contributed by atoms with Crippen LogP contribution < -0.4 is 5.73 Å². The van der Waals surface area contributed by atoms with E-state index < -0.39 is 6.04 Å². The summed E-state index contributed by atoms with van der Waals surface area (Å²) in [7, 11) is 1.73. The average molecular weight is 285 g/mol. The van der Waals surface area contributed by atoms with Crippen molar-refractivity contribution in [2.45, 2.75) is 19.0 Å². The second kappa shape index (κ2) is 6.85. The third kappa shape index (κ3) is 4.29. The van der Waals surface area contributed by atoms with Gasteiger partial charge in [0.15, 0.2) is 0 Å². The summed E-state index contributed by atoms with van der Waals surface area (Å²) in [5.41, 5.74) is 7.86. The van der Waals surface area contributed by atoms with Crippen molar-refractivity contribution in [1.82, 2.24) is 9.88 Å². The van der Waals surface area contributed by atoms with E-state index in [2.05, 4.69) is 4.98 Å². The lowest BCUT2D eigenvalue weighted by atomic mass is 10.1. The van der Waals surface area contributed by atoms with Crippen molar-refractivity contribution in [3.05, 3.63) is 59.9 Å². The SMILES string of the molecule is CN(Cc1cccnc1)C(=O)[C@@H](N)Cc1ccc(O)cc1. The Labute approximate surface area is 124 Å². The second-order valence-corrected chi connectivity index (χ2v) is 5.03. The molecule has 0 aliphatic carbocycles. The number of hydrogen-bond acceptors (Lipinski definition) is 4. The van der Waals surface area contributed by atoms with E-state index in [0.717, 1.165) is 11.1 Å². The number of carbonyl (C=O) groups excluding carboxylic acids is 1. The highest BCUT2D eigenvalue weighted by Gasteiger charge is 2.18. The predicted molar refractivity (Wildman–Crippen MR) is 80.5 cm³/mol. The first-order valence-corrected chi connectivity index (χ1v) is 6.73. The molecule has 5 heteroatoms. The Bertz CT molecular complexity index is 584. The number of aromatic nitrogens is 1. The van der Waals surface area contributed by atoms with Crippen LogP contribution in [0.15, 0.2) is 48.8 Å². The Kier molecular flexibility index (Phi) is 4.90. The topological polar surface area (TPSA) is 79.5 Å². The number of rotatable bonds is 5. The number of phenols is 1. The number of nitrogens with zero attached hydrogens (tertiary/aromatic N) is 2. The van der Waals surface area contributed by atoms with Gasteiger partial charge in [-0.25, -0.2) is 0 Å². The normalized spacial score (nSPS) is 11.9. The number of phenolic OH excluding ortho intramolecular Hbond substituents is 1. The Morgan fingerprint density at radius 1 is 1.29 bits per heavy atom. The second-order valence-electron chi connectivity index (χ2n) is 5.03. The molecule has 1 heterocycles. The lowest BCUT2D eigenvalue weighted by molar-refractivity contribution is -0.131. The molecule has 110 valence electrons. The van der Waals surface area contributed by atoms with Crippen molar-refractivity contribution in [2.75, 3.05) is 7.05 Å². The number of amides is 1. The monoisotopic (exact) mass is 285 g/mol. The third-order valence-electron chi connectivity index (χ3n) is 3.23. The van der Waals surface area contributed by atoms with Gasteiger partial charge in [-0.2, -0.15) is 0 Å². The van der Waals surface area contributed by atoms with Gasteiger partial charge in [-0.3, -0.25) is 9.78 Å². The minimum Gasteiger partial charge on any atom is -0.508 e. The molecule has 1 atom stereocenters. The summed E-state index contributed by atoms with van der Waals surface area (Å²) in [5, 5.41) is 9.24. The molecule has 0 aliphatic rings. The minimum atomic E-state index is -0.601. The largest absolute Gasteiger partial charge is 0.508 e. The van der Waals surface area contributed by atoms with Gasteiger partial charge in [0.2, 0.25) is 5.91 Å². The Hall–Kier alpha value is -2.40. The van der Waals surface area contributed by atoms with Crippen LogP contribution in [0.5, 0.6) is 5.75 Å². The molecule has 2 rings (SSSR count). The van der Waals surface area contributed by atoms with E-state index >= 15 is 0 Å². The van der Waals surface area contributed by atoms with E-state index in [1.54, 1.807) is 48.6 Å². The number of benzene rings is 1. The van der Waals surface area contributed by atoms with E-state index in [4.69, 9.17) is 5.73 Å². The number of likely N-dealkylation sites (N-methyl/N-ethyl adjacent to an activating group) is 1. The van der Waals surface area contributed by atoms with Crippen molar-refractivity contribution >= 4 is 5.91 Å². The summed E-state index contributed by atoms with van der Waals surface area (Å²) in [5.74, 6) is 0.0827. The van der Waals surface area contributed by atoms with Crippen LogP contribution in [0.1, 0.15) is 11.1 Å². The summed E-state index contributed by atoms with van der Waals surface area (Å²) in [4.78, 5) is 17.9. The molecule has 21 heavy (non-hydrogen) atoms. The molecule has 0 radical (unpaired) electrons. The zero-order valence-electron chi connectivity index (χ0n) is 11.9. The Balaban J connectivity index is 1.93. The van der Waals surface area contributed by atoms with E-state index in [0.29, 0.717) is 13.0 Å². The van der Waals surface area contributed by atoms with Crippen LogP contribution in [0.2, 0.25) is 0 Å². The molecule has 0 aliphatic heterocycles. The van der Waals surface area contributed by atoms with E-state index in [1.807, 2.05) is 12.1 Å². The fourth-order valence-electron chi connectivity index (χ4n) is 2.10. The van der Waals surface area contributed by atoms with Crippen molar-refractivity contribution in [3.63, 3.8) is 0 Å². The average Bonchev–Trinajstić information content (AvgIpc) is 2.49. The van der Waals surface area contributed by atoms with Crippen molar-refractivity contribution in [1.29, 1.82) is 0 Å². The quantitative estimate of drug-likeness (QED) is 0.868. The minimum absolute atomic E-state index is 0.119. The van der Waals surface area contributed by atoms with Gasteiger partial charge in [0.25, 0.3) is 0 Å². The molecular formula is C16H19N3O2. The summed E-state index contributed by atoms with van der Waals surface area (Å²) in [6.45, 7) is 0.482. The molecule has 0 unspecified atom stereocenters. The fraction of sp³-hybridized carbons (Fsp3) is 0.250. The summed E-state index contributed by atoms with van der Waals surface area (Å²) >= 11 is 0. The fourth-order valence-corrected chi connectivity index (χ4v) is 2.10. The van der Waals surface area contributed by atoms with Crippen molar-refractivity contribution in [2.24, 2.45) is 5.73 Å². The highest BCUT2D eigenvalue weighted by atomic mass is 16.3. The molecule has 0 spiro atoms. The number of pyridine rings is 1. The summed E-state index contributed by atoms with van der Waals surface area (Å²) < 4.78 is 0. The Morgan fingerprint density at radius 3 is 2.62 bits per heavy atom. The first-order valence-electron chi connectivity index (χ1n) is 6.73. The highest BCUT2D eigenvalue weighted by molar-refractivity contribution is 5.81. The summed E-state index contributed by atoms with van der Waals surface area (Å²) in [6.07, 6.45) is 3.87. The van der Waals surface area contributed by atoms with Crippen LogP contribution in [0.3, 0.4) is 0 Å². The first-order chi connectivity index (χ1) is 10.1. The zero-order valence-corrected chi connectivity index (χ0v) is 11.9. The molecule has 0 saturated heterocycles. The smallest absolute Gasteiger partial charge is 0.239 e. The maximum atomic E-state index is 12.2. The van der Waals surface area contributed by atoms with E-state index in [1.165, 1.54) is 0 Å². The lowest BCUT2D eigenvalue weighted by Crippen LogP contribution is -2.42. The third-order valence-corrected chi connectivity index (χ3v) is 3.23. The van der Waals surface area contributed by atoms with Crippen molar-refractivity contribution in [3.8, 4) is 5.75 Å². The van der Waals surface area contributed by atoms with Gasteiger partial charge in [0.1, 0.15) is 5.75 Å². The van der Waals surface area contributed by atoms with E-state index in [-0.39, 0.29) is 11.7 Å². The molecule has 3 N–H and O–H groups in total. The van der Waals surface area contributed by atoms with Gasteiger partial charge >= 0.3 is 0 Å². The van der Waals surface area contributed by atoms with Crippen LogP contribution in [0.25, 0.3) is 0 Å². The van der Waals surface area contributed by atoms with Crippen LogP contribution in [-0.4, -0.2) is 34.0 Å². The van der Waals surface area contributed by atoms with Gasteiger partial charge in [-0.15, -0.1) is 0 Å². The van der Waals surface area contributed by atoms with Crippen molar-refractivity contribution < 1.29 is 9.90 Å². The van der Waals surface area contributed by atoms with Crippen LogP contribution in [-0.2, 0) is 17.8 Å². The molecule has 0 saturated carbocycles. The first kappa shape index (κ1) is 15.0. The lowest BCUT2D eigenvalue weighted by Gasteiger charge is -2.21. The number of carbonyl (C=O) groups is 1. The van der Waals surface area contributed by atoms with Gasteiger partial charge in [-0.05, 0) is 35.7 Å². The molecule has 1 amide bonds. The maximum absolute atomic E-state index is 12.2.